The van der Waals surface area contributed by atoms with Gasteiger partial charge in [-0.05, 0) is 76.9 Å². The summed E-state index contributed by atoms with van der Waals surface area (Å²) in [4.78, 5) is 5.37. The predicted molar refractivity (Wildman–Crippen MR) is 208 cm³/mol. The molecule has 7 aromatic carbocycles. The van der Waals surface area contributed by atoms with Gasteiger partial charge in [-0.3, -0.25) is 0 Å². The van der Waals surface area contributed by atoms with Gasteiger partial charge in [0.05, 0.1) is 22.4 Å². The maximum absolute atomic E-state index is 6.50. The molecular formula is C47H30N2O. The summed E-state index contributed by atoms with van der Waals surface area (Å²) in [5, 5.41) is 4.61. The van der Waals surface area contributed by atoms with E-state index in [4.69, 9.17) is 9.40 Å². The van der Waals surface area contributed by atoms with Crippen LogP contribution in [0.25, 0.3) is 94.2 Å². The maximum Gasteiger partial charge on any atom is 0.144 e. The van der Waals surface area contributed by atoms with Crippen LogP contribution in [0.5, 0.6) is 0 Å². The lowest BCUT2D eigenvalue weighted by molar-refractivity contribution is 0.670. The molecule has 0 amide bonds. The van der Waals surface area contributed by atoms with Crippen LogP contribution in [0.2, 0.25) is 0 Å². The smallest absolute Gasteiger partial charge is 0.144 e. The fraction of sp³-hybridized carbons (Fsp3) is 0. The number of aromatic nitrogens is 2. The van der Waals surface area contributed by atoms with E-state index in [1.165, 1.54) is 32.9 Å². The number of benzene rings is 7. The van der Waals surface area contributed by atoms with Crippen molar-refractivity contribution >= 4 is 43.7 Å². The van der Waals surface area contributed by atoms with E-state index in [9.17, 15) is 0 Å². The molecule has 0 spiro atoms. The van der Waals surface area contributed by atoms with E-state index in [-0.39, 0.29) is 0 Å². The third kappa shape index (κ3) is 4.63. The molecule has 0 aliphatic carbocycles. The van der Waals surface area contributed by atoms with Crippen LogP contribution in [-0.4, -0.2) is 9.55 Å². The Balaban J connectivity index is 1.18. The van der Waals surface area contributed by atoms with Gasteiger partial charge < -0.3 is 8.98 Å². The molecule has 0 unspecified atom stereocenters. The Labute approximate surface area is 289 Å². The summed E-state index contributed by atoms with van der Waals surface area (Å²) in [7, 11) is 0. The number of para-hydroxylation sites is 4. The highest BCUT2D eigenvalue weighted by Gasteiger charge is 2.17. The normalized spacial score (nSPS) is 11.6. The van der Waals surface area contributed by atoms with Crippen LogP contribution in [0.3, 0.4) is 0 Å². The van der Waals surface area contributed by atoms with Crippen molar-refractivity contribution in [1.82, 2.24) is 9.55 Å². The third-order valence-corrected chi connectivity index (χ3v) is 9.81. The van der Waals surface area contributed by atoms with Crippen LogP contribution in [0.1, 0.15) is 0 Å². The monoisotopic (exact) mass is 638 g/mol. The fourth-order valence-electron chi connectivity index (χ4n) is 7.41. The van der Waals surface area contributed by atoms with Gasteiger partial charge in [-0.2, -0.15) is 0 Å². The van der Waals surface area contributed by atoms with E-state index in [1.807, 2.05) is 12.1 Å². The molecule has 0 aliphatic heterocycles. The summed E-state index contributed by atoms with van der Waals surface area (Å²) in [6.45, 7) is 0. The highest BCUT2D eigenvalue weighted by molar-refractivity contribution is 6.11. The van der Waals surface area contributed by atoms with Gasteiger partial charge in [0.1, 0.15) is 11.2 Å². The van der Waals surface area contributed by atoms with Crippen LogP contribution in [0.15, 0.2) is 186 Å². The number of hydrogen-bond donors (Lipinski definition) is 0. The summed E-state index contributed by atoms with van der Waals surface area (Å²) in [5.74, 6) is 0. The van der Waals surface area contributed by atoms with Crippen LogP contribution in [-0.2, 0) is 0 Å². The molecule has 0 aliphatic rings. The summed E-state index contributed by atoms with van der Waals surface area (Å²) in [5.41, 5.74) is 13.7. The molecule has 3 heterocycles. The molecule has 3 heteroatoms. The molecule has 10 rings (SSSR count). The molecule has 0 N–H and O–H groups in total. The lowest BCUT2D eigenvalue weighted by Crippen LogP contribution is -1.94. The number of pyridine rings is 1. The molecule has 0 atom stereocenters. The first-order valence-corrected chi connectivity index (χ1v) is 17.0. The van der Waals surface area contributed by atoms with Crippen molar-refractivity contribution < 1.29 is 4.42 Å². The molecule has 3 aromatic heterocycles. The Morgan fingerprint density at radius 1 is 0.380 bits per heavy atom. The molecule has 0 radical (unpaired) electrons. The Kier molecular flexibility index (Phi) is 6.49. The van der Waals surface area contributed by atoms with Crippen molar-refractivity contribution in [3.05, 3.63) is 182 Å². The maximum atomic E-state index is 6.50. The Morgan fingerprint density at radius 2 is 0.980 bits per heavy atom. The van der Waals surface area contributed by atoms with Gasteiger partial charge in [0, 0.05) is 38.4 Å². The van der Waals surface area contributed by atoms with Crippen molar-refractivity contribution in [2.45, 2.75) is 0 Å². The second-order valence-electron chi connectivity index (χ2n) is 12.8. The summed E-state index contributed by atoms with van der Waals surface area (Å²) < 4.78 is 8.85. The zero-order valence-electron chi connectivity index (χ0n) is 27.1. The first-order chi connectivity index (χ1) is 24.8. The zero-order valence-corrected chi connectivity index (χ0v) is 27.1. The topological polar surface area (TPSA) is 31.0 Å². The number of furan rings is 1. The molecule has 0 fully saturated rings. The highest BCUT2D eigenvalue weighted by atomic mass is 16.3. The molecule has 0 bridgehead atoms. The first-order valence-electron chi connectivity index (χ1n) is 17.0. The zero-order chi connectivity index (χ0) is 33.0. The summed E-state index contributed by atoms with van der Waals surface area (Å²) in [6, 6.07) is 64.3. The molecule has 50 heavy (non-hydrogen) atoms. The number of fused-ring (bicyclic) bond motifs is 6. The second kappa shape index (κ2) is 11.5. The molecule has 234 valence electrons. The SMILES string of the molecule is c1ccc(-c2ccc(-c3cc(-c4ccc5c(c4)c4ccccc4n5-c4ccccc4)nc(-c4cccc5c4oc4ccccc45)c3)cc2)cc1. The lowest BCUT2D eigenvalue weighted by atomic mass is 9.97. The molecule has 10 aromatic rings. The average molecular weight is 639 g/mol. The molecule has 3 nitrogen and oxygen atoms in total. The van der Waals surface area contributed by atoms with Gasteiger partial charge in [-0.1, -0.05) is 127 Å². The van der Waals surface area contributed by atoms with Gasteiger partial charge in [0.15, 0.2) is 0 Å². The van der Waals surface area contributed by atoms with Crippen molar-refractivity contribution in [1.29, 1.82) is 0 Å². The molecule has 0 saturated carbocycles. The standard InChI is InChI=1S/C47H30N2O/c1-3-12-31(13-4-1)32-22-24-33(25-23-32)35-29-42(48-43(30-35)40-19-11-18-39-38-17-8-10-21-46(38)50-47(39)40)34-26-27-45-41(28-34)37-16-7-9-20-44(37)49(45)36-14-5-2-6-15-36/h1-30H. The van der Waals surface area contributed by atoms with Crippen molar-refractivity contribution in [3.8, 4) is 50.5 Å². The largest absolute Gasteiger partial charge is 0.455 e. The average Bonchev–Trinajstić information content (AvgIpc) is 3.74. The minimum atomic E-state index is 0.852. The lowest BCUT2D eigenvalue weighted by Gasteiger charge is -2.12. The fourth-order valence-corrected chi connectivity index (χ4v) is 7.41. The van der Waals surface area contributed by atoms with Gasteiger partial charge in [0.25, 0.3) is 0 Å². The quantitative estimate of drug-likeness (QED) is 0.188. The van der Waals surface area contributed by atoms with E-state index >= 15 is 0 Å². The molecule has 0 saturated heterocycles. The number of hydrogen-bond acceptors (Lipinski definition) is 2. The third-order valence-electron chi connectivity index (χ3n) is 9.81. The van der Waals surface area contributed by atoms with Crippen molar-refractivity contribution in [2.24, 2.45) is 0 Å². The van der Waals surface area contributed by atoms with Gasteiger partial charge in [-0.25, -0.2) is 4.98 Å². The predicted octanol–water partition coefficient (Wildman–Crippen LogP) is 12.7. The Hall–Kier alpha value is -6.71. The van der Waals surface area contributed by atoms with E-state index in [1.54, 1.807) is 0 Å². The number of rotatable bonds is 5. The minimum Gasteiger partial charge on any atom is -0.455 e. The van der Waals surface area contributed by atoms with E-state index < -0.39 is 0 Å². The van der Waals surface area contributed by atoms with Crippen molar-refractivity contribution in [3.63, 3.8) is 0 Å². The van der Waals surface area contributed by atoms with E-state index in [0.717, 1.165) is 61.3 Å². The van der Waals surface area contributed by atoms with E-state index in [0.29, 0.717) is 0 Å². The minimum absolute atomic E-state index is 0.852. The summed E-state index contributed by atoms with van der Waals surface area (Å²) >= 11 is 0. The van der Waals surface area contributed by atoms with Gasteiger partial charge in [-0.15, -0.1) is 0 Å². The highest BCUT2D eigenvalue weighted by Crippen LogP contribution is 2.39. The Morgan fingerprint density at radius 3 is 1.80 bits per heavy atom. The van der Waals surface area contributed by atoms with Gasteiger partial charge in [0.2, 0.25) is 0 Å². The molecular weight excluding hydrogens is 609 g/mol. The second-order valence-corrected chi connectivity index (χ2v) is 12.8. The Bertz CT molecular complexity index is 2850. The summed E-state index contributed by atoms with van der Waals surface area (Å²) in [6.07, 6.45) is 0. The van der Waals surface area contributed by atoms with Gasteiger partial charge >= 0.3 is 0 Å². The van der Waals surface area contributed by atoms with Crippen LogP contribution >= 0.6 is 0 Å². The van der Waals surface area contributed by atoms with Crippen LogP contribution in [0, 0.1) is 0 Å². The van der Waals surface area contributed by atoms with Crippen LogP contribution < -0.4 is 0 Å². The van der Waals surface area contributed by atoms with Crippen molar-refractivity contribution in [2.75, 3.05) is 0 Å². The van der Waals surface area contributed by atoms with E-state index in [2.05, 4.69) is 174 Å². The van der Waals surface area contributed by atoms with Crippen LogP contribution in [0.4, 0.5) is 0 Å². The number of nitrogens with zero attached hydrogens (tertiary/aromatic N) is 2. The first kappa shape index (κ1) is 28.3.